The number of benzene rings is 4. The van der Waals surface area contributed by atoms with E-state index in [-0.39, 0.29) is 75.8 Å². The van der Waals surface area contributed by atoms with E-state index in [1.165, 1.54) is 55.5 Å². The van der Waals surface area contributed by atoms with Gasteiger partial charge in [0, 0.05) is 53.5 Å². The number of nitrogens with one attached hydrogen (secondary N) is 3. The van der Waals surface area contributed by atoms with E-state index in [0.29, 0.717) is 34.7 Å². The number of primary amides is 1. The molecule has 354 valence electrons. The van der Waals surface area contributed by atoms with E-state index in [4.69, 9.17) is 5.73 Å². The van der Waals surface area contributed by atoms with Crippen LogP contribution in [-0.2, 0) is 45.1 Å². The molecule has 20 nitrogen and oxygen atoms in total. The minimum atomic E-state index is -4.57. The number of amides is 2. The van der Waals surface area contributed by atoms with Crippen molar-refractivity contribution in [2.75, 3.05) is 16.0 Å². The Morgan fingerprint density at radius 2 is 1.60 bits per heavy atom. The lowest BCUT2D eigenvalue weighted by Gasteiger charge is -2.17. The van der Waals surface area contributed by atoms with Gasteiger partial charge in [0.25, 0.3) is 15.7 Å². The van der Waals surface area contributed by atoms with E-state index < -0.39 is 55.1 Å². The van der Waals surface area contributed by atoms with Gasteiger partial charge in [-0.3, -0.25) is 13.9 Å². The van der Waals surface area contributed by atoms with Crippen molar-refractivity contribution in [3.8, 4) is 5.88 Å². The van der Waals surface area contributed by atoms with Crippen LogP contribution in [0, 0.1) is 18.8 Å². The van der Waals surface area contributed by atoms with Gasteiger partial charge < -0.3 is 26.8 Å². The third-order valence-electron chi connectivity index (χ3n) is 9.98. The normalized spacial score (nSPS) is 12.3. The van der Waals surface area contributed by atoms with Gasteiger partial charge in [-0.2, -0.15) is 33.0 Å². The number of aryl methyl sites for hydroxylation is 1. The zero-order valence-electron chi connectivity index (χ0n) is 36.6. The van der Waals surface area contributed by atoms with Crippen molar-refractivity contribution in [2.45, 2.75) is 63.3 Å². The Bertz CT molecular complexity index is 3240. The number of anilines is 4. The van der Waals surface area contributed by atoms with Crippen molar-refractivity contribution in [2.24, 2.45) is 26.2 Å². The second kappa shape index (κ2) is 21.2. The molecule has 0 bridgehead atoms. The molecule has 2 aromatic heterocycles. The highest BCUT2D eigenvalue weighted by Gasteiger charge is 2.22. The first-order chi connectivity index (χ1) is 32.2. The fraction of sp³-hybridized carbons (Fsp3) is 0.205. The van der Waals surface area contributed by atoms with Crippen LogP contribution in [0.5, 0.6) is 5.88 Å². The van der Waals surface area contributed by atoms with Gasteiger partial charge in [-0.25, -0.2) is 22.6 Å². The van der Waals surface area contributed by atoms with Crippen LogP contribution in [0.1, 0.15) is 48.6 Å². The highest BCUT2D eigenvalue weighted by atomic mass is 32.2. The van der Waals surface area contributed by atoms with Gasteiger partial charge in [-0.1, -0.05) is 18.7 Å². The average Bonchev–Trinajstić information content (AvgIpc) is 3.26. The number of hydrogen-bond donors (Lipinski definition) is 6. The molecular formula is C44H44F2N12O8S2. The van der Waals surface area contributed by atoms with Crippen molar-refractivity contribution < 1.29 is 40.1 Å². The molecule has 0 spiro atoms. The van der Waals surface area contributed by atoms with Gasteiger partial charge in [0.05, 0.1) is 22.0 Å². The number of urea groups is 1. The third kappa shape index (κ3) is 13.2. The highest BCUT2D eigenvalue weighted by Crippen LogP contribution is 2.33. The molecule has 0 fully saturated rings. The molecule has 1 atom stereocenters. The van der Waals surface area contributed by atoms with Gasteiger partial charge in [0.15, 0.2) is 21.4 Å². The topological polar surface area (TPSA) is 298 Å². The summed E-state index contributed by atoms with van der Waals surface area (Å²) < 4.78 is 87.3. The quantitative estimate of drug-likeness (QED) is 0.0327. The Hall–Kier alpha value is -7.83. The molecule has 2 heterocycles. The van der Waals surface area contributed by atoms with Crippen LogP contribution in [0.4, 0.5) is 59.1 Å². The molecule has 0 radical (unpaired) electrons. The van der Waals surface area contributed by atoms with E-state index in [2.05, 4.69) is 57.9 Å². The highest BCUT2D eigenvalue weighted by molar-refractivity contribution is 7.94. The Labute approximate surface area is 388 Å². The summed E-state index contributed by atoms with van der Waals surface area (Å²) in [6.07, 6.45) is -0.304. The zero-order chi connectivity index (χ0) is 49.3. The van der Waals surface area contributed by atoms with Crippen LogP contribution in [0.15, 0.2) is 127 Å². The average molecular weight is 971 g/mol. The molecule has 0 aliphatic heterocycles. The van der Waals surface area contributed by atoms with Crippen LogP contribution < -0.4 is 27.2 Å². The number of sulfone groups is 1. The Morgan fingerprint density at radius 3 is 2.29 bits per heavy atom. The summed E-state index contributed by atoms with van der Waals surface area (Å²) in [6.45, 7) is 8.08. The van der Waals surface area contributed by atoms with E-state index in [9.17, 15) is 44.9 Å². The number of azo groups is 2. The van der Waals surface area contributed by atoms with E-state index in [1.807, 2.05) is 6.92 Å². The summed E-state index contributed by atoms with van der Waals surface area (Å²) in [5, 5.41) is 36.7. The molecule has 6 aromatic rings. The number of aromatic hydroxyl groups is 1. The Kier molecular flexibility index (Phi) is 15.5. The third-order valence-corrected chi connectivity index (χ3v) is 12.0. The molecule has 0 saturated heterocycles. The molecule has 24 heteroatoms. The lowest BCUT2D eigenvalue weighted by Crippen LogP contribution is -2.22. The first kappa shape index (κ1) is 49.6. The number of aromatic nitrogens is 4. The van der Waals surface area contributed by atoms with E-state index in [0.717, 1.165) is 9.98 Å². The van der Waals surface area contributed by atoms with Gasteiger partial charge >= 0.3 is 12.1 Å². The van der Waals surface area contributed by atoms with Gasteiger partial charge in [0.1, 0.15) is 28.9 Å². The van der Waals surface area contributed by atoms with Crippen molar-refractivity contribution in [1.29, 1.82) is 0 Å². The van der Waals surface area contributed by atoms with E-state index >= 15 is 0 Å². The van der Waals surface area contributed by atoms with Gasteiger partial charge in [-0.05, 0) is 111 Å². The maximum atomic E-state index is 14.9. The SMILES string of the molecule is C=CS(=O)(=O)c1ccc(N=Nc2ccc(Nc3cc(F)cc(NC(C)CCc4nc(F)nc(Cc5cccc(N=Nc6c(C)c(CS(=O)(=O)O)c(O)n(CC)c6=O)c5)n4)c3)cc2NC(N)=O)cc1. The lowest BCUT2D eigenvalue weighted by molar-refractivity contribution is 0.259. The fourth-order valence-corrected chi connectivity index (χ4v) is 8.15. The number of hydrogen-bond acceptors (Lipinski definition) is 16. The summed E-state index contributed by atoms with van der Waals surface area (Å²) in [6, 6.07) is 19.9. The largest absolute Gasteiger partial charge is 0.494 e. The summed E-state index contributed by atoms with van der Waals surface area (Å²) in [5.41, 5.74) is 7.09. The molecule has 2 amide bonds. The summed E-state index contributed by atoms with van der Waals surface area (Å²) in [5.74, 6) is -1.81. The number of nitrogens with zero attached hydrogens (tertiary/aromatic N) is 8. The smallest absolute Gasteiger partial charge is 0.316 e. The minimum absolute atomic E-state index is 0.0140. The van der Waals surface area contributed by atoms with Crippen molar-refractivity contribution in [3.63, 3.8) is 0 Å². The van der Waals surface area contributed by atoms with E-state index in [1.54, 1.807) is 43.3 Å². The van der Waals surface area contributed by atoms with Crippen LogP contribution >= 0.6 is 0 Å². The number of rotatable bonds is 19. The maximum absolute atomic E-state index is 14.9. The lowest BCUT2D eigenvalue weighted by atomic mass is 10.1. The van der Waals surface area contributed by atoms with Gasteiger partial charge in [-0.15, -0.1) is 10.2 Å². The standard InChI is InChI=1S/C44H44F2N12O8S2/c1-5-58-41(59)35(24-68(64,65)66)26(4)40(42(58)60)57-55-31-9-7-8-27(18-31)19-39-51-38(52-43(46)53-39)17-10-25(3)48-32-20-28(45)21-33(22-32)49-30-13-16-36(37(23-30)50-44(47)61)56-54-29-11-14-34(15-12-29)67(62,63)6-2/h6-9,11-16,18,20-23,25,48-49,59H,2,5,10,17,19,24H2,1,3-4H3,(H3,47,50,61)(H,64,65,66). The summed E-state index contributed by atoms with van der Waals surface area (Å²) in [4.78, 5) is 37.1. The number of carbonyl (C=O) groups excluding carboxylic acids is 1. The molecule has 4 aromatic carbocycles. The second-order valence-corrected chi connectivity index (χ2v) is 18.4. The Balaban J connectivity index is 1.10. The zero-order valence-corrected chi connectivity index (χ0v) is 38.2. The van der Waals surface area contributed by atoms with Crippen LogP contribution in [-0.4, -0.2) is 58.1 Å². The predicted octanol–water partition coefficient (Wildman–Crippen LogP) is 8.74. The van der Waals surface area contributed by atoms with Crippen molar-refractivity contribution in [1.82, 2.24) is 19.5 Å². The molecule has 6 rings (SSSR count). The second-order valence-electron chi connectivity index (χ2n) is 15.1. The molecule has 0 aliphatic rings. The Morgan fingerprint density at radius 1 is 0.897 bits per heavy atom. The first-order valence-corrected chi connectivity index (χ1v) is 23.6. The monoisotopic (exact) mass is 970 g/mol. The molecular weight excluding hydrogens is 927 g/mol. The molecule has 0 saturated carbocycles. The minimum Gasteiger partial charge on any atom is -0.494 e. The molecule has 68 heavy (non-hydrogen) atoms. The number of carbonyl (C=O) groups is 1. The van der Waals surface area contributed by atoms with Crippen LogP contribution in [0.3, 0.4) is 0 Å². The van der Waals surface area contributed by atoms with Crippen LogP contribution in [0.2, 0.25) is 0 Å². The summed E-state index contributed by atoms with van der Waals surface area (Å²) >= 11 is 0. The van der Waals surface area contributed by atoms with Crippen LogP contribution in [0.25, 0.3) is 0 Å². The molecule has 7 N–H and O–H groups in total. The summed E-state index contributed by atoms with van der Waals surface area (Å²) in [7, 11) is -8.20. The predicted molar refractivity (Wildman–Crippen MR) is 250 cm³/mol. The van der Waals surface area contributed by atoms with Crippen molar-refractivity contribution in [3.05, 3.63) is 148 Å². The fourth-order valence-electron chi connectivity index (χ4n) is 6.73. The molecule has 1 unspecified atom stereocenters. The number of pyridine rings is 1. The first-order valence-electron chi connectivity index (χ1n) is 20.4. The van der Waals surface area contributed by atoms with Gasteiger partial charge in [0.2, 0.25) is 0 Å². The molecule has 0 aliphatic carbocycles. The van der Waals surface area contributed by atoms with Crippen molar-refractivity contribution >= 4 is 71.5 Å². The number of nitrogens with two attached hydrogens (primary N) is 1. The maximum Gasteiger partial charge on any atom is 0.316 e. The number of halogens is 2.